The van der Waals surface area contributed by atoms with Crippen molar-refractivity contribution in [3.63, 3.8) is 0 Å². The average Bonchev–Trinajstić information content (AvgIpc) is 3.52. The summed E-state index contributed by atoms with van der Waals surface area (Å²) in [4.78, 5) is 12.5. The zero-order valence-corrected chi connectivity index (χ0v) is 36.2. The Kier molecular flexibility index (Phi) is 16.2. The second-order valence-electron chi connectivity index (χ2n) is 14.9. The number of rotatable bonds is 23. The van der Waals surface area contributed by atoms with Gasteiger partial charge in [-0.2, -0.15) is 21.4 Å². The van der Waals surface area contributed by atoms with E-state index in [0.717, 1.165) is 16.9 Å². The summed E-state index contributed by atoms with van der Waals surface area (Å²) >= 11 is 0. The molecule has 0 spiro atoms. The molecule has 4 rings (SSSR count). The molecule has 3 N–H and O–H groups in total. The molecule has 0 radical (unpaired) electrons. The van der Waals surface area contributed by atoms with Gasteiger partial charge in [0.2, 0.25) is 5.69 Å². The maximum absolute atomic E-state index is 12.1. The molecule has 0 aliphatic carbocycles. The van der Waals surface area contributed by atoms with E-state index in [0.29, 0.717) is 75.6 Å². The van der Waals surface area contributed by atoms with Gasteiger partial charge in [0.15, 0.2) is 5.71 Å². The monoisotopic (exact) mass is 878 g/mol. The summed E-state index contributed by atoms with van der Waals surface area (Å²) < 4.78 is 116. The lowest BCUT2D eigenvalue weighted by Gasteiger charge is -2.30. The van der Waals surface area contributed by atoms with Gasteiger partial charge in [-0.3, -0.25) is 13.9 Å². The van der Waals surface area contributed by atoms with Crippen molar-refractivity contribution >= 4 is 53.4 Å². The molecule has 2 aromatic rings. The zero-order valence-electron chi connectivity index (χ0n) is 33.7. The van der Waals surface area contributed by atoms with Crippen molar-refractivity contribution in [2.75, 3.05) is 50.7 Å². The van der Waals surface area contributed by atoms with E-state index in [4.69, 9.17) is 14.6 Å². The molecule has 0 fully saturated rings. The number of benzene rings is 2. The number of aliphatic carboxylic acids is 1. The smallest absolute Gasteiger partial charge is 0.303 e. The molecule has 2 aromatic carbocycles. The number of nitrogens with zero attached hydrogens (tertiary/aromatic N) is 2. The summed E-state index contributed by atoms with van der Waals surface area (Å²) in [5, 5.41) is 9.09. The number of likely N-dealkylation sites (N-methyl/N-ethyl adjacent to an activating group) is 1. The number of carbonyl (C=O) groups is 1. The average molecular weight is 879 g/mol. The summed E-state index contributed by atoms with van der Waals surface area (Å²) in [5.74, 6) is -1.42. The molecule has 18 heteroatoms. The van der Waals surface area contributed by atoms with E-state index in [9.17, 15) is 43.7 Å². The summed E-state index contributed by atoms with van der Waals surface area (Å²) in [6.45, 7) is 8.01. The molecule has 324 valence electrons. The summed E-state index contributed by atoms with van der Waals surface area (Å²) in [6.07, 6.45) is 15.2. The van der Waals surface area contributed by atoms with Crippen LogP contribution in [0.3, 0.4) is 0 Å². The largest absolute Gasteiger partial charge is 0.744 e. The fraction of sp³-hybridized carbons (Fsp3) is 0.463. The summed E-state index contributed by atoms with van der Waals surface area (Å²) in [5.41, 5.74) is 2.66. The summed E-state index contributed by atoms with van der Waals surface area (Å²) in [6, 6.07) is 8.68. The molecule has 0 saturated heterocycles. The molecule has 59 heavy (non-hydrogen) atoms. The maximum Gasteiger partial charge on any atom is 0.303 e. The third-order valence-electron chi connectivity index (χ3n) is 10.8. The number of allylic oxidation sites excluding steroid dienone is 8. The first-order chi connectivity index (χ1) is 27.7. The van der Waals surface area contributed by atoms with Crippen LogP contribution >= 0.6 is 0 Å². The highest BCUT2D eigenvalue weighted by Gasteiger charge is 2.48. The van der Waals surface area contributed by atoms with Gasteiger partial charge in [0.1, 0.15) is 16.7 Å². The number of methoxy groups -OCH3 is 1. The van der Waals surface area contributed by atoms with Crippen molar-refractivity contribution in [1.29, 1.82) is 0 Å². The molecule has 0 bridgehead atoms. The van der Waals surface area contributed by atoms with Crippen LogP contribution in [0, 0.1) is 0 Å². The molecule has 0 saturated carbocycles. The Morgan fingerprint density at radius 3 is 2.15 bits per heavy atom. The molecular formula is C41H54N2O13S3. The van der Waals surface area contributed by atoms with Gasteiger partial charge in [-0.05, 0) is 94.8 Å². The first-order valence-corrected chi connectivity index (χ1v) is 23.7. The molecule has 2 unspecified atom stereocenters. The van der Waals surface area contributed by atoms with Gasteiger partial charge in [-0.1, -0.05) is 30.4 Å². The van der Waals surface area contributed by atoms with Gasteiger partial charge in [-0.25, -0.2) is 8.42 Å². The van der Waals surface area contributed by atoms with Crippen LogP contribution in [0.4, 0.5) is 11.4 Å². The van der Waals surface area contributed by atoms with Crippen molar-refractivity contribution in [1.82, 2.24) is 0 Å². The molecule has 15 nitrogen and oxygen atoms in total. The first kappa shape index (κ1) is 47.7. The van der Waals surface area contributed by atoms with Crippen LogP contribution in [0.15, 0.2) is 94.4 Å². The minimum Gasteiger partial charge on any atom is -0.744 e. The van der Waals surface area contributed by atoms with Crippen LogP contribution in [0.25, 0.3) is 0 Å². The number of carboxylic acid groups (broad SMARTS) is 1. The topological polar surface area (TPSA) is 228 Å². The van der Waals surface area contributed by atoms with Crippen LogP contribution in [-0.2, 0) is 55.5 Å². The maximum atomic E-state index is 12.1. The van der Waals surface area contributed by atoms with E-state index in [2.05, 4.69) is 4.90 Å². The van der Waals surface area contributed by atoms with Gasteiger partial charge in [0.05, 0.1) is 34.2 Å². The quantitative estimate of drug-likeness (QED) is 0.0511. The van der Waals surface area contributed by atoms with Gasteiger partial charge in [0.25, 0.3) is 20.2 Å². The lowest BCUT2D eigenvalue weighted by molar-refractivity contribution is -0.438. The number of ether oxygens (including phenoxy) is 2. The number of hydrogen-bond donors (Lipinski definition) is 3. The van der Waals surface area contributed by atoms with Crippen molar-refractivity contribution in [2.24, 2.45) is 0 Å². The standard InChI is InChI=1S/C41H54N2O13S3/c1-5-42-35-20-18-31(58(49,50)51)29-33(35)41(3,23-25-56-27-26-55-4)37(42)15-10-7-6-8-11-16-38-40(2,22-14-28-57(46,47)48)34-30-32(59(52,53)54)19-21-36(34)43(38)24-13-9-12-17-39(44)45/h6-8,10-11,15-16,18-21,29-30H,5,9,12-14,17,22-28H2,1-4H3,(H3-,44,45,46,47,48,49,50,51,52,53,54). The van der Waals surface area contributed by atoms with Crippen LogP contribution in [0.5, 0.6) is 0 Å². The van der Waals surface area contributed by atoms with Crippen LogP contribution in [0.1, 0.15) is 76.8 Å². The SMILES string of the molecule is CCN1/C(=C/C=C/C=C/C=C/C2=[N+](CCCCCC(=O)O)c3ccc(S(=O)(=O)[O-])cc3C2(C)CCCS(=O)(=O)O)C(C)(CCOCCOC)c2cc(S(=O)(=O)O)ccc21. The van der Waals surface area contributed by atoms with Crippen LogP contribution in [0.2, 0.25) is 0 Å². The van der Waals surface area contributed by atoms with E-state index >= 15 is 0 Å². The van der Waals surface area contributed by atoms with Gasteiger partial charge >= 0.3 is 5.97 Å². The Labute approximate surface area is 347 Å². The van der Waals surface area contributed by atoms with Crippen molar-refractivity contribution in [3.05, 3.63) is 95.8 Å². The first-order valence-electron chi connectivity index (χ1n) is 19.3. The number of carboxylic acids is 1. The van der Waals surface area contributed by atoms with Crippen LogP contribution in [-0.4, -0.2) is 106 Å². The third-order valence-corrected chi connectivity index (χ3v) is 13.3. The number of anilines is 1. The molecule has 2 atom stereocenters. The fourth-order valence-corrected chi connectivity index (χ4v) is 9.34. The molecule has 0 amide bonds. The lowest BCUT2D eigenvalue weighted by Crippen LogP contribution is -2.32. The van der Waals surface area contributed by atoms with E-state index in [1.165, 1.54) is 24.3 Å². The Balaban J connectivity index is 1.69. The number of fused-ring (bicyclic) bond motifs is 2. The highest BCUT2D eigenvalue weighted by atomic mass is 32.2. The molecule has 2 aliphatic heterocycles. The molecule has 2 heterocycles. The minimum atomic E-state index is -4.82. The van der Waals surface area contributed by atoms with Crippen molar-refractivity contribution in [3.8, 4) is 0 Å². The van der Waals surface area contributed by atoms with Crippen LogP contribution < -0.4 is 4.90 Å². The van der Waals surface area contributed by atoms with Gasteiger partial charge < -0.3 is 24.0 Å². The zero-order chi connectivity index (χ0) is 43.6. The normalized spacial score (nSPS) is 20.5. The number of hydrogen-bond acceptors (Lipinski definition) is 11. The van der Waals surface area contributed by atoms with E-state index in [1.54, 1.807) is 37.5 Å². The van der Waals surface area contributed by atoms with Crippen molar-refractivity contribution < 1.29 is 62.9 Å². The van der Waals surface area contributed by atoms with E-state index < -0.39 is 57.8 Å². The van der Waals surface area contributed by atoms with Gasteiger partial charge in [0, 0.05) is 67.6 Å². The molecule has 2 aliphatic rings. The summed E-state index contributed by atoms with van der Waals surface area (Å²) in [7, 11) is -12.0. The second kappa shape index (κ2) is 20.0. The van der Waals surface area contributed by atoms with E-state index in [1.807, 2.05) is 49.7 Å². The van der Waals surface area contributed by atoms with Gasteiger partial charge in [-0.15, -0.1) is 0 Å². The lowest BCUT2D eigenvalue weighted by atomic mass is 9.76. The highest BCUT2D eigenvalue weighted by molar-refractivity contribution is 7.86. The Hall–Kier alpha value is -4.01. The third kappa shape index (κ3) is 12.1. The predicted octanol–water partition coefficient (Wildman–Crippen LogP) is 5.91. The highest BCUT2D eigenvalue weighted by Crippen LogP contribution is 2.50. The molecular weight excluding hydrogens is 825 g/mol. The van der Waals surface area contributed by atoms with E-state index in [-0.39, 0.29) is 24.2 Å². The Morgan fingerprint density at radius 2 is 1.51 bits per heavy atom. The predicted molar refractivity (Wildman–Crippen MR) is 223 cm³/mol. The Morgan fingerprint density at radius 1 is 0.831 bits per heavy atom. The second-order valence-corrected chi connectivity index (χ2v) is 19.2. The Bertz CT molecular complexity index is 2350. The molecule has 0 aromatic heterocycles. The minimum absolute atomic E-state index is 0.0149. The van der Waals surface area contributed by atoms with Crippen molar-refractivity contribution in [2.45, 2.75) is 86.3 Å². The fourth-order valence-electron chi connectivity index (χ4n) is 7.82. The number of unbranched alkanes of at least 4 members (excludes halogenated alkanes) is 2.